The minimum absolute atomic E-state index is 0.258. The van der Waals surface area contributed by atoms with Gasteiger partial charge in [-0.1, -0.05) is 18.2 Å². The Bertz CT molecular complexity index is 648. The number of hydrazone groups is 1. The van der Waals surface area contributed by atoms with Gasteiger partial charge in [-0.05, 0) is 43.2 Å². The molecule has 2 saturated carbocycles. The molecular formula is C17H19N2O+. The summed E-state index contributed by atoms with van der Waals surface area (Å²) >= 11 is 0. The van der Waals surface area contributed by atoms with Gasteiger partial charge in [0, 0.05) is 17.9 Å². The van der Waals surface area contributed by atoms with Crippen LogP contribution in [0.4, 0.5) is 0 Å². The van der Waals surface area contributed by atoms with Gasteiger partial charge in [-0.15, -0.1) is 10.1 Å². The Morgan fingerprint density at radius 3 is 2.90 bits per heavy atom. The highest BCUT2D eigenvalue weighted by Crippen LogP contribution is 2.51. The van der Waals surface area contributed by atoms with E-state index in [1.165, 1.54) is 36.1 Å². The van der Waals surface area contributed by atoms with Crippen molar-refractivity contribution in [1.29, 1.82) is 0 Å². The van der Waals surface area contributed by atoms with E-state index in [1.807, 2.05) is 0 Å². The number of fused-ring (bicyclic) bond motifs is 6. The summed E-state index contributed by atoms with van der Waals surface area (Å²) in [6.45, 7) is 0. The molecule has 0 spiro atoms. The molecule has 1 heterocycles. The number of nitrogens with zero attached hydrogens (tertiary/aromatic N) is 1. The Hall–Kier alpha value is -1.64. The van der Waals surface area contributed by atoms with E-state index in [0.717, 1.165) is 18.8 Å². The molecule has 1 aromatic carbocycles. The van der Waals surface area contributed by atoms with Crippen LogP contribution < -0.4 is 5.43 Å². The van der Waals surface area contributed by atoms with Crippen LogP contribution in [0.2, 0.25) is 0 Å². The number of hydrazine groups is 1. The van der Waals surface area contributed by atoms with Crippen LogP contribution in [0.3, 0.4) is 0 Å². The predicted molar refractivity (Wildman–Crippen MR) is 75.4 cm³/mol. The molecule has 20 heavy (non-hydrogen) atoms. The van der Waals surface area contributed by atoms with Crippen LogP contribution in [0.25, 0.3) is 0 Å². The average molecular weight is 267 g/mol. The number of carbonyl (C=O) groups is 1. The van der Waals surface area contributed by atoms with E-state index in [0.29, 0.717) is 12.0 Å². The van der Waals surface area contributed by atoms with Crippen molar-refractivity contribution >= 4 is 11.6 Å². The number of amides is 1. The lowest BCUT2D eigenvalue weighted by Gasteiger charge is -2.17. The fourth-order valence-electron chi connectivity index (χ4n) is 5.17. The standard InChI is InChI=1S/C17H18N2O/c20-17-15-11-5-6-12(9-11)16(15)19(18-17)14-8-7-10-3-1-2-4-13(10)14/h1-4,11-12,15-16H,5-9H2/p+1/b19-14-/t11-,12+,15?,16-/m1/s1. The first-order valence-electron chi connectivity index (χ1n) is 7.87. The smallest absolute Gasteiger partial charge is 0.269 e. The van der Waals surface area contributed by atoms with Gasteiger partial charge in [-0.2, -0.15) is 0 Å². The van der Waals surface area contributed by atoms with Crippen molar-refractivity contribution in [2.45, 2.75) is 38.1 Å². The first-order chi connectivity index (χ1) is 9.83. The van der Waals surface area contributed by atoms with Crippen LogP contribution in [0.5, 0.6) is 0 Å². The Morgan fingerprint density at radius 2 is 1.95 bits per heavy atom. The van der Waals surface area contributed by atoms with Crippen LogP contribution >= 0.6 is 0 Å². The maximum atomic E-state index is 12.4. The molecule has 1 aliphatic heterocycles. The number of carbonyl (C=O) groups excluding carboxylic acids is 1. The SMILES string of the molecule is O=C1N/[N+](=C2/CCc3ccccc32)[C@H]2C1[C@@H]1CC[C@H]2C1. The maximum absolute atomic E-state index is 12.4. The molecule has 0 aromatic heterocycles. The van der Waals surface area contributed by atoms with Gasteiger partial charge in [0.25, 0.3) is 5.91 Å². The second-order valence-electron chi connectivity index (χ2n) is 6.80. The first kappa shape index (κ1) is 11.1. The van der Waals surface area contributed by atoms with E-state index < -0.39 is 0 Å². The summed E-state index contributed by atoms with van der Waals surface area (Å²) in [4.78, 5) is 12.4. The molecule has 102 valence electrons. The van der Waals surface area contributed by atoms with E-state index in [1.54, 1.807) is 0 Å². The highest BCUT2D eigenvalue weighted by molar-refractivity contribution is 6.01. The van der Waals surface area contributed by atoms with Crippen molar-refractivity contribution in [2.24, 2.45) is 17.8 Å². The van der Waals surface area contributed by atoms with Crippen LogP contribution in [0.1, 0.15) is 36.8 Å². The van der Waals surface area contributed by atoms with Crippen molar-refractivity contribution in [3.8, 4) is 0 Å². The van der Waals surface area contributed by atoms with E-state index in [4.69, 9.17) is 0 Å². The molecule has 1 amide bonds. The van der Waals surface area contributed by atoms with Gasteiger partial charge in [0.2, 0.25) is 5.71 Å². The number of rotatable bonds is 0. The molecular weight excluding hydrogens is 248 g/mol. The van der Waals surface area contributed by atoms with Crippen molar-refractivity contribution in [3.63, 3.8) is 0 Å². The highest BCUT2D eigenvalue weighted by atomic mass is 16.2. The lowest BCUT2D eigenvalue weighted by atomic mass is 9.85. The van der Waals surface area contributed by atoms with Gasteiger partial charge in [0.05, 0.1) is 0 Å². The van der Waals surface area contributed by atoms with Crippen molar-refractivity contribution < 1.29 is 9.48 Å². The first-order valence-corrected chi connectivity index (χ1v) is 7.87. The zero-order chi connectivity index (χ0) is 13.3. The van der Waals surface area contributed by atoms with E-state index in [-0.39, 0.29) is 11.8 Å². The lowest BCUT2D eigenvalue weighted by molar-refractivity contribution is -0.603. The number of nitrogens with one attached hydrogen (secondary N) is 1. The molecule has 4 aliphatic rings. The normalized spacial score (nSPS) is 40.9. The summed E-state index contributed by atoms with van der Waals surface area (Å²) in [5, 5.41) is 0. The summed E-state index contributed by atoms with van der Waals surface area (Å²) in [5.74, 6) is 1.91. The lowest BCUT2D eigenvalue weighted by Crippen LogP contribution is -2.38. The minimum Gasteiger partial charge on any atom is -0.269 e. The third-order valence-corrected chi connectivity index (χ3v) is 5.95. The Labute approximate surface area is 118 Å². The molecule has 1 aromatic rings. The van der Waals surface area contributed by atoms with E-state index in [9.17, 15) is 4.79 Å². The van der Waals surface area contributed by atoms with Crippen LogP contribution in [0, 0.1) is 17.8 Å². The molecule has 5 rings (SSSR count). The van der Waals surface area contributed by atoms with E-state index in [2.05, 4.69) is 34.4 Å². The van der Waals surface area contributed by atoms with Gasteiger partial charge in [-0.3, -0.25) is 4.79 Å². The number of hydrogen-bond donors (Lipinski definition) is 1. The number of hydrogen-bond acceptors (Lipinski definition) is 1. The van der Waals surface area contributed by atoms with Gasteiger partial charge in [-0.25, -0.2) is 0 Å². The summed E-state index contributed by atoms with van der Waals surface area (Å²) in [5.41, 5.74) is 7.34. The fourth-order valence-corrected chi connectivity index (χ4v) is 5.17. The zero-order valence-corrected chi connectivity index (χ0v) is 11.5. The molecule has 2 bridgehead atoms. The van der Waals surface area contributed by atoms with Crippen molar-refractivity contribution in [2.75, 3.05) is 0 Å². The van der Waals surface area contributed by atoms with Gasteiger partial charge in [0.15, 0.2) is 6.04 Å². The largest absolute Gasteiger partial charge is 0.284 e. The Balaban J connectivity index is 1.66. The quantitative estimate of drug-likeness (QED) is 0.715. The molecule has 3 heteroatoms. The third kappa shape index (κ3) is 1.26. The maximum Gasteiger partial charge on any atom is 0.284 e. The van der Waals surface area contributed by atoms with Crippen LogP contribution in [-0.2, 0) is 11.2 Å². The van der Waals surface area contributed by atoms with Gasteiger partial charge >= 0.3 is 0 Å². The Morgan fingerprint density at radius 1 is 1.10 bits per heavy atom. The molecule has 3 nitrogen and oxygen atoms in total. The molecule has 1 N–H and O–H groups in total. The topological polar surface area (TPSA) is 32.1 Å². The summed E-state index contributed by atoms with van der Waals surface area (Å²) in [6, 6.07) is 9.09. The second kappa shape index (κ2) is 3.72. The molecule has 4 atom stereocenters. The van der Waals surface area contributed by atoms with Crippen LogP contribution in [-0.4, -0.2) is 22.3 Å². The Kier molecular flexibility index (Phi) is 2.06. The van der Waals surface area contributed by atoms with Gasteiger partial charge < -0.3 is 0 Å². The number of aryl methyl sites for hydroxylation is 1. The molecule has 1 unspecified atom stereocenters. The third-order valence-electron chi connectivity index (χ3n) is 5.95. The van der Waals surface area contributed by atoms with Gasteiger partial charge in [0.1, 0.15) is 5.92 Å². The minimum atomic E-state index is 0.258. The summed E-state index contributed by atoms with van der Waals surface area (Å²) in [7, 11) is 0. The molecule has 1 saturated heterocycles. The van der Waals surface area contributed by atoms with E-state index >= 15 is 0 Å². The number of benzene rings is 1. The van der Waals surface area contributed by atoms with Crippen molar-refractivity contribution in [3.05, 3.63) is 35.4 Å². The second-order valence-corrected chi connectivity index (χ2v) is 6.80. The molecule has 3 fully saturated rings. The zero-order valence-electron chi connectivity index (χ0n) is 11.5. The summed E-state index contributed by atoms with van der Waals surface area (Å²) in [6.07, 6.45) is 6.03. The molecule has 3 aliphatic carbocycles. The highest BCUT2D eigenvalue weighted by Gasteiger charge is 2.62. The molecule has 0 radical (unpaired) electrons. The monoisotopic (exact) mass is 267 g/mol. The van der Waals surface area contributed by atoms with Crippen molar-refractivity contribution in [1.82, 2.24) is 5.43 Å². The van der Waals surface area contributed by atoms with Crippen LogP contribution in [0.15, 0.2) is 24.3 Å². The average Bonchev–Trinajstić information content (AvgIpc) is 3.19. The fraction of sp³-hybridized carbons (Fsp3) is 0.529. The predicted octanol–water partition coefficient (Wildman–Crippen LogP) is 1.89. The summed E-state index contributed by atoms with van der Waals surface area (Å²) < 4.78 is 2.27.